The number of hydrogen-bond acceptors (Lipinski definition) is 5. The second-order valence-corrected chi connectivity index (χ2v) is 7.51. The molecule has 0 aliphatic heterocycles. The fraction of sp³-hybridized carbons (Fsp3) is 0.312. The van der Waals surface area contributed by atoms with Crippen LogP contribution in [0.5, 0.6) is 0 Å². The van der Waals surface area contributed by atoms with Crippen molar-refractivity contribution in [2.75, 3.05) is 25.6 Å². The molecule has 6 heteroatoms. The molecule has 0 spiro atoms. The third kappa shape index (κ3) is 3.38. The van der Waals surface area contributed by atoms with Crippen LogP contribution in [-0.2, 0) is 9.09 Å². The smallest absolute Gasteiger partial charge is 0.265 e. The Kier molecular flexibility index (Phi) is 5.35. The van der Waals surface area contributed by atoms with E-state index in [9.17, 15) is 9.67 Å². The van der Waals surface area contributed by atoms with Crippen LogP contribution in [0.2, 0.25) is 0 Å². The number of nitrogens with zero attached hydrogens (tertiary/aromatic N) is 2. The van der Waals surface area contributed by atoms with Gasteiger partial charge in [-0.05, 0) is 43.3 Å². The van der Waals surface area contributed by atoms with E-state index in [1.54, 1.807) is 43.5 Å². The maximum atomic E-state index is 13.3. The van der Waals surface area contributed by atoms with Crippen molar-refractivity contribution < 1.29 is 14.2 Å². The van der Waals surface area contributed by atoms with Gasteiger partial charge in [0.25, 0.3) is 7.37 Å². The Bertz CT molecular complexity index is 644. The molecule has 0 aliphatic carbocycles. The zero-order valence-electron chi connectivity index (χ0n) is 13.0. The van der Waals surface area contributed by atoms with Crippen molar-refractivity contribution in [1.29, 1.82) is 0 Å². The summed E-state index contributed by atoms with van der Waals surface area (Å²) < 4.78 is 18.8. The van der Waals surface area contributed by atoms with Crippen molar-refractivity contribution in [3.05, 3.63) is 54.4 Å². The van der Waals surface area contributed by atoms with Crippen LogP contribution >= 0.6 is 7.37 Å². The van der Waals surface area contributed by atoms with Crippen LogP contribution in [-0.4, -0.2) is 30.8 Å². The predicted molar refractivity (Wildman–Crippen MR) is 88.8 cm³/mol. The lowest BCUT2D eigenvalue weighted by Crippen LogP contribution is -2.16. The van der Waals surface area contributed by atoms with E-state index in [1.165, 1.54) is 0 Å². The van der Waals surface area contributed by atoms with Crippen LogP contribution in [0.4, 0.5) is 5.69 Å². The van der Waals surface area contributed by atoms with Gasteiger partial charge in [0.2, 0.25) is 0 Å². The van der Waals surface area contributed by atoms with E-state index >= 15 is 0 Å². The Morgan fingerprint density at radius 3 is 2.41 bits per heavy atom. The van der Waals surface area contributed by atoms with Crippen molar-refractivity contribution in [2.45, 2.75) is 12.8 Å². The monoisotopic (exact) mass is 320 g/mol. The van der Waals surface area contributed by atoms with E-state index in [-0.39, 0.29) is 6.61 Å². The maximum Gasteiger partial charge on any atom is 0.265 e. The average molecular weight is 320 g/mol. The van der Waals surface area contributed by atoms with Crippen LogP contribution in [0.1, 0.15) is 18.5 Å². The van der Waals surface area contributed by atoms with Crippen LogP contribution in [0.25, 0.3) is 0 Å². The molecule has 1 N–H and O–H groups in total. The lowest BCUT2D eigenvalue weighted by molar-refractivity contribution is 0.214. The number of benzene rings is 1. The lowest BCUT2D eigenvalue weighted by Gasteiger charge is -2.24. The number of pyridine rings is 1. The zero-order chi connectivity index (χ0) is 16.2. The van der Waals surface area contributed by atoms with Gasteiger partial charge >= 0.3 is 0 Å². The molecule has 1 aromatic carbocycles. The highest BCUT2D eigenvalue weighted by atomic mass is 31.2. The fourth-order valence-corrected chi connectivity index (χ4v) is 4.16. The molecule has 0 aliphatic rings. The SMILES string of the molecule is CCO[P@@](=O)(c1ccc(N(C)C)cc1)[C@@H](O)c1ccccn1. The molecule has 1 aromatic heterocycles. The molecule has 1 heterocycles. The third-order valence-corrected chi connectivity index (χ3v) is 5.89. The molecule has 0 unspecified atom stereocenters. The van der Waals surface area contributed by atoms with E-state index < -0.39 is 13.2 Å². The Morgan fingerprint density at radius 1 is 1.23 bits per heavy atom. The standard InChI is InChI=1S/C16H21N2O3P/c1-4-21-22(20,16(19)15-7-5-6-12-17-15)14-10-8-13(9-11-14)18(2)3/h5-12,16,19H,4H2,1-3H3/t16-,22+/m1/s1. The number of aromatic nitrogens is 1. The van der Waals surface area contributed by atoms with E-state index in [4.69, 9.17) is 4.52 Å². The van der Waals surface area contributed by atoms with E-state index in [0.29, 0.717) is 11.0 Å². The van der Waals surface area contributed by atoms with Crippen LogP contribution < -0.4 is 10.2 Å². The largest absolute Gasteiger partial charge is 0.378 e. The summed E-state index contributed by atoms with van der Waals surface area (Å²) in [5.74, 6) is -1.28. The van der Waals surface area contributed by atoms with Gasteiger partial charge in [0, 0.05) is 31.3 Å². The van der Waals surface area contributed by atoms with Gasteiger partial charge in [0.05, 0.1) is 12.3 Å². The minimum Gasteiger partial charge on any atom is -0.378 e. The molecule has 118 valence electrons. The van der Waals surface area contributed by atoms with Gasteiger partial charge in [-0.15, -0.1) is 0 Å². The Hall–Kier alpha value is -1.68. The van der Waals surface area contributed by atoms with E-state index in [2.05, 4.69) is 4.98 Å². The molecule has 22 heavy (non-hydrogen) atoms. The van der Waals surface area contributed by atoms with Crippen molar-refractivity contribution in [3.8, 4) is 0 Å². The van der Waals surface area contributed by atoms with Gasteiger partial charge in [-0.1, -0.05) is 6.07 Å². The summed E-state index contributed by atoms with van der Waals surface area (Å²) in [6, 6.07) is 12.3. The molecule has 5 nitrogen and oxygen atoms in total. The first kappa shape index (κ1) is 16.7. The van der Waals surface area contributed by atoms with Crippen LogP contribution in [0.3, 0.4) is 0 Å². The van der Waals surface area contributed by atoms with Gasteiger partial charge in [0.1, 0.15) is 0 Å². The molecule has 0 radical (unpaired) electrons. The molecule has 2 aromatic rings. The predicted octanol–water partition coefficient (Wildman–Crippen LogP) is 2.78. The molecule has 0 bridgehead atoms. The summed E-state index contributed by atoms with van der Waals surface area (Å²) in [5.41, 5.74) is 1.33. The summed E-state index contributed by atoms with van der Waals surface area (Å²) in [7, 11) is 0.401. The van der Waals surface area contributed by atoms with E-state index in [1.807, 2.05) is 31.1 Å². The lowest BCUT2D eigenvalue weighted by atomic mass is 10.3. The molecule has 0 fully saturated rings. The topological polar surface area (TPSA) is 62.7 Å². The van der Waals surface area contributed by atoms with E-state index in [0.717, 1.165) is 5.69 Å². The Labute approximate surface area is 131 Å². The molecule has 2 rings (SSSR count). The molecular weight excluding hydrogens is 299 g/mol. The van der Waals surface area contributed by atoms with Gasteiger partial charge in [-0.2, -0.15) is 0 Å². The Balaban J connectivity index is 2.41. The van der Waals surface area contributed by atoms with Crippen molar-refractivity contribution in [1.82, 2.24) is 4.98 Å². The number of aliphatic hydroxyl groups excluding tert-OH is 1. The zero-order valence-corrected chi connectivity index (χ0v) is 13.9. The summed E-state index contributed by atoms with van der Waals surface area (Å²) in [6.07, 6.45) is 1.56. The third-order valence-electron chi connectivity index (χ3n) is 3.32. The minimum atomic E-state index is -3.46. The van der Waals surface area contributed by atoms with Crippen molar-refractivity contribution in [2.24, 2.45) is 0 Å². The van der Waals surface area contributed by atoms with Crippen LogP contribution in [0.15, 0.2) is 48.7 Å². The highest BCUT2D eigenvalue weighted by molar-refractivity contribution is 7.67. The highest BCUT2D eigenvalue weighted by Crippen LogP contribution is 2.57. The van der Waals surface area contributed by atoms with Gasteiger partial charge < -0.3 is 14.5 Å². The number of anilines is 1. The molecule has 0 saturated carbocycles. The summed E-state index contributed by atoms with van der Waals surface area (Å²) in [6.45, 7) is 2.00. The molecule has 0 saturated heterocycles. The maximum absolute atomic E-state index is 13.3. The highest BCUT2D eigenvalue weighted by Gasteiger charge is 2.36. The summed E-state index contributed by atoms with van der Waals surface area (Å²) >= 11 is 0. The van der Waals surface area contributed by atoms with Gasteiger partial charge in [-0.25, -0.2) is 0 Å². The van der Waals surface area contributed by atoms with Crippen molar-refractivity contribution >= 4 is 18.4 Å². The minimum absolute atomic E-state index is 0.247. The first-order chi connectivity index (χ1) is 10.5. The van der Waals surface area contributed by atoms with Crippen molar-refractivity contribution in [3.63, 3.8) is 0 Å². The van der Waals surface area contributed by atoms with Gasteiger partial charge in [-0.3, -0.25) is 9.55 Å². The summed E-state index contributed by atoms with van der Waals surface area (Å²) in [5, 5.41) is 11.0. The molecule has 2 atom stereocenters. The average Bonchev–Trinajstić information content (AvgIpc) is 2.55. The molecular formula is C16H21N2O3P. The first-order valence-corrected chi connectivity index (χ1v) is 8.79. The quantitative estimate of drug-likeness (QED) is 0.829. The molecule has 0 amide bonds. The normalized spacial score (nSPS) is 15.1. The second-order valence-electron chi connectivity index (χ2n) is 5.05. The second kappa shape index (κ2) is 7.05. The number of aliphatic hydroxyl groups is 1. The van der Waals surface area contributed by atoms with Crippen LogP contribution in [0, 0.1) is 0 Å². The fourth-order valence-electron chi connectivity index (χ4n) is 2.14. The summed E-state index contributed by atoms with van der Waals surface area (Å²) in [4.78, 5) is 6.04. The number of rotatable bonds is 6. The number of hydrogen-bond donors (Lipinski definition) is 1. The Morgan fingerprint density at radius 2 is 1.91 bits per heavy atom. The first-order valence-electron chi connectivity index (χ1n) is 7.10. The van der Waals surface area contributed by atoms with Gasteiger partial charge in [0.15, 0.2) is 5.85 Å².